The van der Waals surface area contributed by atoms with E-state index >= 15 is 0 Å². The molecule has 1 aliphatic heterocycles. The average Bonchev–Trinajstić information content (AvgIpc) is 2.10. The molecule has 1 amide bonds. The molecule has 1 rings (SSSR count). The first-order valence-electron chi connectivity index (χ1n) is 3.63. The van der Waals surface area contributed by atoms with Crippen LogP contribution >= 0.6 is 0 Å². The van der Waals surface area contributed by atoms with Gasteiger partial charge in [-0.1, -0.05) is 0 Å². The Morgan fingerprint density at radius 1 is 1.73 bits per heavy atom. The van der Waals surface area contributed by atoms with Gasteiger partial charge in [0.1, 0.15) is 5.60 Å². The first-order chi connectivity index (χ1) is 5.14. The van der Waals surface area contributed by atoms with E-state index in [4.69, 9.17) is 4.74 Å². The lowest BCUT2D eigenvalue weighted by Gasteiger charge is -2.23. The zero-order chi connectivity index (χ0) is 8.32. The summed E-state index contributed by atoms with van der Waals surface area (Å²) in [6, 6.07) is 0. The van der Waals surface area contributed by atoms with Crippen LogP contribution in [0.15, 0.2) is 0 Å². The van der Waals surface area contributed by atoms with Crippen molar-refractivity contribution in [1.82, 2.24) is 4.90 Å². The lowest BCUT2D eigenvalue weighted by atomic mass is 10.1. The smallest absolute Gasteiger partial charge is 0.209 e. The highest BCUT2D eigenvalue weighted by molar-refractivity contribution is 5.47. The van der Waals surface area contributed by atoms with E-state index in [1.807, 2.05) is 0 Å². The number of hydrogen-bond donors (Lipinski definition) is 1. The van der Waals surface area contributed by atoms with E-state index < -0.39 is 5.60 Å². The molecule has 11 heavy (non-hydrogen) atoms. The molecule has 0 radical (unpaired) electrons. The molecule has 0 spiro atoms. The molecule has 4 heteroatoms. The summed E-state index contributed by atoms with van der Waals surface area (Å²) < 4.78 is 5.09. The van der Waals surface area contributed by atoms with Crippen LogP contribution in [0, 0.1) is 0 Å². The molecule has 0 saturated carbocycles. The van der Waals surface area contributed by atoms with E-state index in [2.05, 4.69) is 0 Å². The Bertz CT molecular complexity index is 147. The maximum Gasteiger partial charge on any atom is 0.209 e. The SMILES string of the molecule is CC1(O)COCCN(C=O)C1. The number of ether oxygens (including phenoxy) is 1. The maximum absolute atomic E-state index is 10.4. The van der Waals surface area contributed by atoms with Gasteiger partial charge in [-0.2, -0.15) is 0 Å². The van der Waals surface area contributed by atoms with Crippen LogP contribution in [0.1, 0.15) is 6.92 Å². The van der Waals surface area contributed by atoms with Crippen molar-refractivity contribution < 1.29 is 14.6 Å². The predicted molar refractivity (Wildman–Crippen MR) is 39.1 cm³/mol. The Morgan fingerprint density at radius 2 is 2.45 bits per heavy atom. The number of nitrogens with zero attached hydrogens (tertiary/aromatic N) is 1. The van der Waals surface area contributed by atoms with Crippen LogP contribution in [0.2, 0.25) is 0 Å². The minimum Gasteiger partial charge on any atom is -0.386 e. The highest BCUT2D eigenvalue weighted by Gasteiger charge is 2.26. The van der Waals surface area contributed by atoms with Crippen LogP contribution < -0.4 is 0 Å². The minimum atomic E-state index is -0.891. The average molecular weight is 159 g/mol. The molecular formula is C7H13NO3. The van der Waals surface area contributed by atoms with Crippen LogP contribution in [-0.2, 0) is 9.53 Å². The molecule has 64 valence electrons. The van der Waals surface area contributed by atoms with E-state index in [1.165, 1.54) is 4.90 Å². The quantitative estimate of drug-likeness (QED) is 0.511. The Morgan fingerprint density at radius 3 is 3.09 bits per heavy atom. The molecule has 4 nitrogen and oxygen atoms in total. The van der Waals surface area contributed by atoms with Gasteiger partial charge in [0.25, 0.3) is 0 Å². The summed E-state index contributed by atoms with van der Waals surface area (Å²) in [7, 11) is 0. The summed E-state index contributed by atoms with van der Waals surface area (Å²) in [5, 5.41) is 9.53. The van der Waals surface area contributed by atoms with Crippen molar-refractivity contribution in [2.45, 2.75) is 12.5 Å². The number of carbonyl (C=O) groups excluding carboxylic acids is 1. The van der Waals surface area contributed by atoms with Crippen LogP contribution in [0.25, 0.3) is 0 Å². The zero-order valence-electron chi connectivity index (χ0n) is 6.62. The zero-order valence-corrected chi connectivity index (χ0v) is 6.62. The molecule has 0 aliphatic carbocycles. The lowest BCUT2D eigenvalue weighted by molar-refractivity contribution is -0.120. The van der Waals surface area contributed by atoms with Crippen LogP contribution in [-0.4, -0.2) is 48.3 Å². The molecule has 0 bridgehead atoms. The van der Waals surface area contributed by atoms with Crippen molar-refractivity contribution in [3.05, 3.63) is 0 Å². The molecular weight excluding hydrogens is 146 g/mol. The van der Waals surface area contributed by atoms with E-state index in [0.717, 1.165) is 6.41 Å². The molecule has 1 atom stereocenters. The third-order valence-electron chi connectivity index (χ3n) is 1.63. The van der Waals surface area contributed by atoms with Gasteiger partial charge in [0.15, 0.2) is 0 Å². The van der Waals surface area contributed by atoms with Gasteiger partial charge in [-0.3, -0.25) is 4.79 Å². The number of carbonyl (C=O) groups is 1. The van der Waals surface area contributed by atoms with Gasteiger partial charge in [0.05, 0.1) is 19.8 Å². The number of rotatable bonds is 1. The standard InChI is InChI=1S/C7H13NO3/c1-7(10)4-8(6-9)2-3-11-5-7/h6,10H,2-5H2,1H3. The predicted octanol–water partition coefficient (Wildman–Crippen LogP) is -0.774. The summed E-state index contributed by atoms with van der Waals surface area (Å²) in [4.78, 5) is 11.9. The molecule has 1 N–H and O–H groups in total. The molecule has 1 heterocycles. The lowest BCUT2D eigenvalue weighted by Crippen LogP contribution is -2.41. The van der Waals surface area contributed by atoms with Gasteiger partial charge in [-0.25, -0.2) is 0 Å². The van der Waals surface area contributed by atoms with Gasteiger partial charge >= 0.3 is 0 Å². The summed E-state index contributed by atoms with van der Waals surface area (Å²) in [6.07, 6.45) is 0.739. The minimum absolute atomic E-state index is 0.303. The van der Waals surface area contributed by atoms with Gasteiger partial charge in [-0.15, -0.1) is 0 Å². The Balaban J connectivity index is 2.53. The maximum atomic E-state index is 10.4. The molecule has 0 aromatic heterocycles. The molecule has 1 unspecified atom stereocenters. The Hall–Kier alpha value is -0.610. The second kappa shape index (κ2) is 3.19. The Labute approximate surface area is 65.8 Å². The van der Waals surface area contributed by atoms with E-state index in [9.17, 15) is 9.90 Å². The van der Waals surface area contributed by atoms with Crippen LogP contribution in [0.3, 0.4) is 0 Å². The van der Waals surface area contributed by atoms with Gasteiger partial charge in [0, 0.05) is 6.54 Å². The summed E-state index contributed by atoms with van der Waals surface area (Å²) in [5.74, 6) is 0. The topological polar surface area (TPSA) is 49.8 Å². The van der Waals surface area contributed by atoms with E-state index in [-0.39, 0.29) is 0 Å². The number of β-amino-alcohol motifs (C(OH)–C–C–N with tert-alkyl or cyclic N) is 1. The molecule has 0 aromatic carbocycles. The second-order valence-corrected chi connectivity index (χ2v) is 3.13. The first kappa shape index (κ1) is 8.49. The first-order valence-corrected chi connectivity index (χ1v) is 3.63. The van der Waals surface area contributed by atoms with Gasteiger partial charge < -0.3 is 14.7 Å². The Kier molecular flexibility index (Phi) is 2.46. The highest BCUT2D eigenvalue weighted by atomic mass is 16.5. The number of hydrogen-bond acceptors (Lipinski definition) is 3. The van der Waals surface area contributed by atoms with E-state index in [0.29, 0.717) is 26.3 Å². The van der Waals surface area contributed by atoms with Crippen molar-refractivity contribution in [1.29, 1.82) is 0 Å². The van der Waals surface area contributed by atoms with Crippen molar-refractivity contribution in [2.75, 3.05) is 26.3 Å². The third-order valence-corrected chi connectivity index (χ3v) is 1.63. The van der Waals surface area contributed by atoms with Crippen molar-refractivity contribution in [3.63, 3.8) is 0 Å². The normalized spacial score (nSPS) is 33.1. The fourth-order valence-corrected chi connectivity index (χ4v) is 1.13. The summed E-state index contributed by atoms with van der Waals surface area (Å²) in [5.41, 5.74) is -0.891. The number of amides is 1. The molecule has 1 aliphatic rings. The molecule has 0 aromatic rings. The monoisotopic (exact) mass is 159 g/mol. The number of aliphatic hydroxyl groups is 1. The summed E-state index contributed by atoms with van der Waals surface area (Å²) in [6.45, 7) is 3.40. The molecule has 1 saturated heterocycles. The van der Waals surface area contributed by atoms with Crippen molar-refractivity contribution >= 4 is 6.41 Å². The van der Waals surface area contributed by atoms with Crippen LogP contribution in [0.5, 0.6) is 0 Å². The fraction of sp³-hybridized carbons (Fsp3) is 0.857. The highest BCUT2D eigenvalue weighted by Crippen LogP contribution is 2.09. The van der Waals surface area contributed by atoms with Crippen LogP contribution in [0.4, 0.5) is 0 Å². The molecule has 1 fully saturated rings. The van der Waals surface area contributed by atoms with E-state index in [1.54, 1.807) is 6.92 Å². The fourth-order valence-electron chi connectivity index (χ4n) is 1.13. The van der Waals surface area contributed by atoms with Crippen molar-refractivity contribution in [3.8, 4) is 0 Å². The third kappa shape index (κ3) is 2.48. The summed E-state index contributed by atoms with van der Waals surface area (Å²) >= 11 is 0. The van der Waals surface area contributed by atoms with Gasteiger partial charge in [0.2, 0.25) is 6.41 Å². The largest absolute Gasteiger partial charge is 0.386 e. The van der Waals surface area contributed by atoms with Gasteiger partial charge in [-0.05, 0) is 6.92 Å². The second-order valence-electron chi connectivity index (χ2n) is 3.13. The van der Waals surface area contributed by atoms with Crippen molar-refractivity contribution in [2.24, 2.45) is 0 Å².